The SMILES string of the molecule is COC(=O)COc1ccc(C(=O)/C=C/c2ccc(-c3nc4ccccc4s3)o2)cc1. The number of para-hydroxylation sites is 1. The first kappa shape index (κ1) is 19.6. The second-order valence-corrected chi connectivity index (χ2v) is 7.31. The molecule has 0 unspecified atom stereocenters. The smallest absolute Gasteiger partial charge is 0.343 e. The monoisotopic (exact) mass is 419 g/mol. The summed E-state index contributed by atoms with van der Waals surface area (Å²) >= 11 is 1.56. The Bertz CT molecular complexity index is 1190. The van der Waals surface area contributed by atoms with Gasteiger partial charge in [0.2, 0.25) is 0 Å². The van der Waals surface area contributed by atoms with Crippen LogP contribution >= 0.6 is 11.3 Å². The van der Waals surface area contributed by atoms with Gasteiger partial charge in [-0.15, -0.1) is 11.3 Å². The van der Waals surface area contributed by atoms with Gasteiger partial charge < -0.3 is 13.9 Å². The maximum Gasteiger partial charge on any atom is 0.343 e. The number of fused-ring (bicyclic) bond motifs is 1. The van der Waals surface area contributed by atoms with Crippen LogP contribution in [-0.4, -0.2) is 30.5 Å². The molecule has 0 saturated heterocycles. The van der Waals surface area contributed by atoms with Crippen LogP contribution in [0.4, 0.5) is 0 Å². The lowest BCUT2D eigenvalue weighted by Crippen LogP contribution is -2.12. The third-order valence-electron chi connectivity index (χ3n) is 4.25. The number of carbonyl (C=O) groups excluding carboxylic acids is 2. The molecule has 0 aliphatic rings. The average Bonchev–Trinajstić information content (AvgIpc) is 3.43. The van der Waals surface area contributed by atoms with Gasteiger partial charge in [0.25, 0.3) is 0 Å². The molecule has 0 fully saturated rings. The molecule has 0 amide bonds. The van der Waals surface area contributed by atoms with Gasteiger partial charge in [0.05, 0.1) is 17.3 Å². The lowest BCUT2D eigenvalue weighted by Gasteiger charge is -2.04. The van der Waals surface area contributed by atoms with E-state index in [0.717, 1.165) is 15.2 Å². The normalized spacial score (nSPS) is 11.1. The third-order valence-corrected chi connectivity index (χ3v) is 5.30. The number of rotatable bonds is 7. The molecule has 2 aromatic heterocycles. The highest BCUT2D eigenvalue weighted by Crippen LogP contribution is 2.31. The summed E-state index contributed by atoms with van der Waals surface area (Å²) in [5.41, 5.74) is 1.43. The zero-order chi connectivity index (χ0) is 20.9. The summed E-state index contributed by atoms with van der Waals surface area (Å²) in [6.07, 6.45) is 3.08. The number of hydrogen-bond donors (Lipinski definition) is 0. The highest BCUT2D eigenvalue weighted by atomic mass is 32.1. The summed E-state index contributed by atoms with van der Waals surface area (Å²) in [5.74, 6) is 1.06. The van der Waals surface area contributed by atoms with Gasteiger partial charge in [-0.05, 0) is 60.7 Å². The van der Waals surface area contributed by atoms with E-state index in [2.05, 4.69) is 9.72 Å². The average molecular weight is 419 g/mol. The fourth-order valence-electron chi connectivity index (χ4n) is 2.71. The van der Waals surface area contributed by atoms with Crippen LogP contribution in [-0.2, 0) is 9.53 Å². The van der Waals surface area contributed by atoms with Gasteiger partial charge >= 0.3 is 5.97 Å². The van der Waals surface area contributed by atoms with Crippen molar-refractivity contribution < 1.29 is 23.5 Å². The Labute approximate surface area is 176 Å². The van der Waals surface area contributed by atoms with Crippen molar-refractivity contribution in [2.75, 3.05) is 13.7 Å². The Hall–Kier alpha value is -3.71. The zero-order valence-electron chi connectivity index (χ0n) is 16.0. The van der Waals surface area contributed by atoms with Gasteiger partial charge in [-0.1, -0.05) is 12.1 Å². The van der Waals surface area contributed by atoms with E-state index in [4.69, 9.17) is 9.15 Å². The molecule has 6 nitrogen and oxygen atoms in total. The van der Waals surface area contributed by atoms with E-state index in [9.17, 15) is 9.59 Å². The van der Waals surface area contributed by atoms with Crippen LogP contribution in [0.1, 0.15) is 16.1 Å². The van der Waals surface area contributed by atoms with Gasteiger partial charge in [0.15, 0.2) is 23.2 Å². The number of furan rings is 1. The molecule has 150 valence electrons. The van der Waals surface area contributed by atoms with Gasteiger partial charge in [0.1, 0.15) is 11.5 Å². The summed E-state index contributed by atoms with van der Waals surface area (Å²) < 4.78 is 16.7. The molecule has 2 heterocycles. The van der Waals surface area contributed by atoms with Crippen molar-refractivity contribution in [2.24, 2.45) is 0 Å². The highest BCUT2D eigenvalue weighted by Gasteiger charge is 2.10. The first-order valence-electron chi connectivity index (χ1n) is 9.10. The van der Waals surface area contributed by atoms with E-state index in [-0.39, 0.29) is 12.4 Å². The molecule has 4 aromatic rings. The Morgan fingerprint density at radius 3 is 2.63 bits per heavy atom. The number of thiazole rings is 1. The van der Waals surface area contributed by atoms with Crippen LogP contribution in [0.15, 0.2) is 71.2 Å². The molecular weight excluding hydrogens is 402 g/mol. The van der Waals surface area contributed by atoms with Crippen LogP contribution in [0, 0.1) is 0 Å². The molecule has 2 aromatic carbocycles. The number of ether oxygens (including phenoxy) is 2. The molecule has 0 aliphatic heterocycles. The van der Waals surface area contributed by atoms with E-state index < -0.39 is 5.97 Å². The topological polar surface area (TPSA) is 78.6 Å². The first-order chi connectivity index (χ1) is 14.6. The number of esters is 1. The van der Waals surface area contributed by atoms with E-state index in [1.165, 1.54) is 13.2 Å². The molecule has 0 N–H and O–H groups in total. The Morgan fingerprint density at radius 1 is 1.07 bits per heavy atom. The van der Waals surface area contributed by atoms with E-state index in [1.807, 2.05) is 30.3 Å². The van der Waals surface area contributed by atoms with E-state index in [1.54, 1.807) is 47.7 Å². The first-order valence-corrected chi connectivity index (χ1v) is 9.92. The summed E-state index contributed by atoms with van der Waals surface area (Å²) in [6, 6.07) is 18.1. The molecule has 0 atom stereocenters. The number of aromatic nitrogens is 1. The number of methoxy groups -OCH3 is 1. The number of ketones is 1. The van der Waals surface area contributed by atoms with Crippen LogP contribution in [0.2, 0.25) is 0 Å². The molecule has 4 rings (SSSR count). The summed E-state index contributed by atoms with van der Waals surface area (Å²) in [7, 11) is 1.29. The molecular formula is C23H17NO5S. The molecule has 7 heteroatoms. The lowest BCUT2D eigenvalue weighted by atomic mass is 10.1. The largest absolute Gasteiger partial charge is 0.482 e. The quantitative estimate of drug-likeness (QED) is 0.238. The fourth-order valence-corrected chi connectivity index (χ4v) is 3.63. The van der Waals surface area contributed by atoms with Crippen molar-refractivity contribution in [1.29, 1.82) is 0 Å². The number of hydrogen-bond acceptors (Lipinski definition) is 7. The van der Waals surface area contributed by atoms with Crippen molar-refractivity contribution in [3.8, 4) is 16.5 Å². The summed E-state index contributed by atoms with van der Waals surface area (Å²) in [5, 5.41) is 0.796. The maximum atomic E-state index is 12.4. The van der Waals surface area contributed by atoms with Crippen molar-refractivity contribution in [2.45, 2.75) is 0 Å². The molecule has 0 aliphatic carbocycles. The standard InChI is InChI=1S/C23H17NO5S/c1-27-22(26)14-28-16-8-6-15(7-9-16)19(25)12-10-17-11-13-20(29-17)23-24-18-4-2-3-5-21(18)30-23/h2-13H,14H2,1H3/b12-10+. The Balaban J connectivity index is 1.41. The maximum absolute atomic E-state index is 12.4. The number of carbonyl (C=O) groups is 2. The van der Waals surface area contributed by atoms with Crippen molar-refractivity contribution in [1.82, 2.24) is 4.98 Å². The van der Waals surface area contributed by atoms with E-state index in [0.29, 0.717) is 22.8 Å². The third kappa shape index (κ3) is 4.47. The zero-order valence-corrected chi connectivity index (χ0v) is 16.8. The second-order valence-electron chi connectivity index (χ2n) is 6.28. The predicted octanol–water partition coefficient (Wildman–Crippen LogP) is 5.00. The summed E-state index contributed by atoms with van der Waals surface area (Å²) in [4.78, 5) is 28.0. The Morgan fingerprint density at radius 2 is 1.87 bits per heavy atom. The van der Waals surface area contributed by atoms with Crippen LogP contribution in [0.25, 0.3) is 27.1 Å². The summed E-state index contributed by atoms with van der Waals surface area (Å²) in [6.45, 7) is -0.181. The highest BCUT2D eigenvalue weighted by molar-refractivity contribution is 7.21. The van der Waals surface area contributed by atoms with Gasteiger partial charge in [-0.3, -0.25) is 4.79 Å². The molecule has 30 heavy (non-hydrogen) atoms. The van der Waals surface area contributed by atoms with Crippen LogP contribution in [0.3, 0.4) is 0 Å². The van der Waals surface area contributed by atoms with E-state index >= 15 is 0 Å². The van der Waals surface area contributed by atoms with Gasteiger partial charge in [0, 0.05) is 5.56 Å². The number of nitrogens with zero attached hydrogens (tertiary/aromatic N) is 1. The Kier molecular flexibility index (Phi) is 5.72. The predicted molar refractivity (Wildman–Crippen MR) is 115 cm³/mol. The van der Waals surface area contributed by atoms with Crippen molar-refractivity contribution in [3.63, 3.8) is 0 Å². The minimum Gasteiger partial charge on any atom is -0.482 e. The molecule has 0 radical (unpaired) electrons. The molecule has 0 bridgehead atoms. The van der Waals surface area contributed by atoms with Crippen LogP contribution in [0.5, 0.6) is 5.75 Å². The van der Waals surface area contributed by atoms with Crippen molar-refractivity contribution >= 4 is 39.4 Å². The number of benzene rings is 2. The van der Waals surface area contributed by atoms with Gasteiger partial charge in [-0.2, -0.15) is 0 Å². The fraction of sp³-hybridized carbons (Fsp3) is 0.0870. The van der Waals surface area contributed by atoms with Crippen LogP contribution < -0.4 is 4.74 Å². The molecule has 0 saturated carbocycles. The number of allylic oxidation sites excluding steroid dienone is 1. The second kappa shape index (κ2) is 8.75. The van der Waals surface area contributed by atoms with Crippen molar-refractivity contribution in [3.05, 3.63) is 78.1 Å². The molecule has 0 spiro atoms. The van der Waals surface area contributed by atoms with Gasteiger partial charge in [-0.25, -0.2) is 9.78 Å². The minimum absolute atomic E-state index is 0.174. The minimum atomic E-state index is -0.471. The lowest BCUT2D eigenvalue weighted by molar-refractivity contribution is -0.142.